The third-order valence-corrected chi connectivity index (χ3v) is 7.29. The topological polar surface area (TPSA) is 144 Å². The van der Waals surface area contributed by atoms with Crippen LogP contribution < -0.4 is 10.1 Å². The fraction of sp³-hybridized carbons (Fsp3) is 0. The van der Waals surface area contributed by atoms with Crippen LogP contribution in [0.4, 0.5) is 11.4 Å². The number of nitrogens with one attached hydrogen (secondary N) is 2. The van der Waals surface area contributed by atoms with E-state index in [1.807, 2.05) is 0 Å². The van der Waals surface area contributed by atoms with Crippen molar-refractivity contribution in [2.75, 3.05) is 4.72 Å². The van der Waals surface area contributed by atoms with E-state index in [2.05, 4.69) is 15.2 Å². The number of hydrogen-bond donors (Lipinski definition) is 2. The SMILES string of the molecule is O=C(NN=Cc1ccc(-c2ccc([N+](=O)[O-])cc2)o1)c1ccccc1NS(=O)(=O)c1cccs1. The number of para-hydroxylation sites is 1. The number of carbonyl (C=O) groups excluding carboxylic acids is 1. The molecule has 12 heteroatoms. The number of amides is 1. The molecule has 2 aromatic heterocycles. The average molecular weight is 497 g/mol. The van der Waals surface area contributed by atoms with Gasteiger partial charge in [0.15, 0.2) is 0 Å². The molecule has 172 valence electrons. The van der Waals surface area contributed by atoms with Gasteiger partial charge in [-0.2, -0.15) is 5.10 Å². The Labute approximate surface area is 197 Å². The first-order chi connectivity index (χ1) is 16.3. The van der Waals surface area contributed by atoms with E-state index in [0.717, 1.165) is 11.3 Å². The second-order valence-electron chi connectivity index (χ2n) is 6.79. The molecule has 0 radical (unpaired) electrons. The molecule has 0 spiro atoms. The first-order valence-corrected chi connectivity index (χ1v) is 12.0. The number of furan rings is 1. The van der Waals surface area contributed by atoms with Gasteiger partial charge in [0.2, 0.25) is 0 Å². The first-order valence-electron chi connectivity index (χ1n) is 9.67. The van der Waals surface area contributed by atoms with Crippen LogP contribution >= 0.6 is 11.3 Å². The van der Waals surface area contributed by atoms with Crippen LogP contribution in [-0.4, -0.2) is 25.5 Å². The Morgan fingerprint density at radius 3 is 2.50 bits per heavy atom. The van der Waals surface area contributed by atoms with Gasteiger partial charge in [0.1, 0.15) is 15.7 Å². The summed E-state index contributed by atoms with van der Waals surface area (Å²) in [7, 11) is -3.82. The first kappa shape index (κ1) is 22.9. The number of rotatable bonds is 8. The lowest BCUT2D eigenvalue weighted by Gasteiger charge is -2.10. The number of thiophene rings is 1. The fourth-order valence-electron chi connectivity index (χ4n) is 2.92. The van der Waals surface area contributed by atoms with Crippen molar-refractivity contribution in [3.63, 3.8) is 0 Å². The van der Waals surface area contributed by atoms with Crippen LogP contribution in [0, 0.1) is 10.1 Å². The van der Waals surface area contributed by atoms with E-state index in [0.29, 0.717) is 17.1 Å². The van der Waals surface area contributed by atoms with Gasteiger partial charge < -0.3 is 4.42 Å². The van der Waals surface area contributed by atoms with Gasteiger partial charge in [-0.3, -0.25) is 19.6 Å². The molecule has 0 aliphatic rings. The van der Waals surface area contributed by atoms with Gasteiger partial charge in [-0.1, -0.05) is 18.2 Å². The lowest BCUT2D eigenvalue weighted by molar-refractivity contribution is -0.384. The van der Waals surface area contributed by atoms with E-state index < -0.39 is 20.9 Å². The number of hydrazone groups is 1. The van der Waals surface area contributed by atoms with Gasteiger partial charge >= 0.3 is 0 Å². The lowest BCUT2D eigenvalue weighted by Crippen LogP contribution is -2.21. The van der Waals surface area contributed by atoms with Gasteiger partial charge in [0, 0.05) is 17.7 Å². The van der Waals surface area contributed by atoms with Crippen LogP contribution in [0.25, 0.3) is 11.3 Å². The Kier molecular flexibility index (Phi) is 6.52. The molecular formula is C22H16N4O6S2. The van der Waals surface area contributed by atoms with Crippen molar-refractivity contribution in [1.82, 2.24) is 5.43 Å². The summed E-state index contributed by atoms with van der Waals surface area (Å²) in [5.41, 5.74) is 3.15. The highest BCUT2D eigenvalue weighted by Crippen LogP contribution is 2.25. The fourth-order valence-corrected chi connectivity index (χ4v) is 4.99. The van der Waals surface area contributed by atoms with Crippen molar-refractivity contribution in [2.45, 2.75) is 4.21 Å². The Morgan fingerprint density at radius 2 is 1.79 bits per heavy atom. The zero-order valence-corrected chi connectivity index (χ0v) is 18.9. The number of nitro benzene ring substituents is 1. The third-order valence-electron chi connectivity index (χ3n) is 4.52. The number of sulfonamides is 1. The molecule has 2 N–H and O–H groups in total. The number of non-ortho nitro benzene ring substituents is 1. The van der Waals surface area contributed by atoms with Gasteiger partial charge in [-0.05, 0) is 47.8 Å². The second-order valence-corrected chi connectivity index (χ2v) is 9.65. The molecule has 4 aromatic rings. The minimum atomic E-state index is -3.82. The normalized spacial score (nSPS) is 11.4. The molecule has 0 aliphatic carbocycles. The number of anilines is 1. The van der Waals surface area contributed by atoms with E-state index in [-0.39, 0.29) is 21.1 Å². The highest BCUT2D eigenvalue weighted by Gasteiger charge is 2.19. The number of nitro groups is 1. The Balaban J connectivity index is 1.44. The standard InChI is InChI=1S/C22H16N4O6S2/c27-22(18-4-1-2-5-19(18)25-34(30,31)21-6-3-13-33-21)24-23-14-17-11-12-20(32-17)15-7-9-16(10-8-15)26(28)29/h1-14,25H,(H,24,27). The summed E-state index contributed by atoms with van der Waals surface area (Å²) in [4.78, 5) is 22.9. The van der Waals surface area contributed by atoms with E-state index in [1.165, 1.54) is 36.5 Å². The van der Waals surface area contributed by atoms with Crippen LogP contribution in [0.2, 0.25) is 0 Å². The minimum Gasteiger partial charge on any atom is -0.455 e. The second kappa shape index (κ2) is 9.68. The van der Waals surface area contributed by atoms with Crippen molar-refractivity contribution in [1.29, 1.82) is 0 Å². The summed E-state index contributed by atoms with van der Waals surface area (Å²) in [6.07, 6.45) is 1.28. The molecular weight excluding hydrogens is 480 g/mol. The number of carbonyl (C=O) groups is 1. The molecule has 34 heavy (non-hydrogen) atoms. The quantitative estimate of drug-likeness (QED) is 0.209. The third kappa shape index (κ3) is 5.19. The van der Waals surface area contributed by atoms with Crippen molar-refractivity contribution in [3.05, 3.63) is 99.6 Å². The summed E-state index contributed by atoms with van der Waals surface area (Å²) in [5.74, 6) is 0.180. The summed E-state index contributed by atoms with van der Waals surface area (Å²) in [6, 6.07) is 18.4. The zero-order valence-electron chi connectivity index (χ0n) is 17.2. The monoisotopic (exact) mass is 496 g/mol. The minimum absolute atomic E-state index is 0.0298. The largest absolute Gasteiger partial charge is 0.455 e. The van der Waals surface area contributed by atoms with E-state index in [1.54, 1.807) is 47.8 Å². The average Bonchev–Trinajstić information content (AvgIpc) is 3.52. The van der Waals surface area contributed by atoms with E-state index >= 15 is 0 Å². The Bertz CT molecular complexity index is 1460. The smallest absolute Gasteiger partial charge is 0.273 e. The zero-order chi connectivity index (χ0) is 24.1. The van der Waals surface area contributed by atoms with Crippen LogP contribution in [0.1, 0.15) is 16.1 Å². The van der Waals surface area contributed by atoms with Crippen molar-refractivity contribution >= 4 is 44.9 Å². The van der Waals surface area contributed by atoms with Crippen LogP contribution in [0.3, 0.4) is 0 Å². The molecule has 4 rings (SSSR count). The molecule has 0 saturated carbocycles. The lowest BCUT2D eigenvalue weighted by atomic mass is 10.1. The van der Waals surface area contributed by atoms with Crippen LogP contribution in [-0.2, 0) is 10.0 Å². The van der Waals surface area contributed by atoms with Gasteiger partial charge in [0.25, 0.3) is 21.6 Å². The maximum atomic E-state index is 12.6. The predicted octanol–water partition coefficient (Wildman–Crippen LogP) is 4.48. The summed E-state index contributed by atoms with van der Waals surface area (Å²) < 4.78 is 33.2. The molecule has 0 bridgehead atoms. The number of nitrogens with zero attached hydrogens (tertiary/aromatic N) is 2. The van der Waals surface area contributed by atoms with Crippen LogP contribution in [0.15, 0.2) is 91.9 Å². The van der Waals surface area contributed by atoms with Gasteiger partial charge in [0.05, 0.1) is 22.4 Å². The van der Waals surface area contributed by atoms with Crippen molar-refractivity contribution in [2.24, 2.45) is 5.10 Å². The molecule has 0 saturated heterocycles. The predicted molar refractivity (Wildman–Crippen MR) is 127 cm³/mol. The van der Waals surface area contributed by atoms with Crippen molar-refractivity contribution < 1.29 is 22.6 Å². The molecule has 0 unspecified atom stereocenters. The number of hydrogen-bond acceptors (Lipinski definition) is 8. The molecule has 0 fully saturated rings. The molecule has 2 heterocycles. The highest BCUT2D eigenvalue weighted by molar-refractivity contribution is 7.94. The van der Waals surface area contributed by atoms with Crippen molar-refractivity contribution in [3.8, 4) is 11.3 Å². The summed E-state index contributed by atoms with van der Waals surface area (Å²) in [5, 5.41) is 16.3. The van der Waals surface area contributed by atoms with Gasteiger partial charge in [-0.15, -0.1) is 11.3 Å². The Hall–Kier alpha value is -4.29. The summed E-state index contributed by atoms with van der Waals surface area (Å²) in [6.45, 7) is 0. The number of benzene rings is 2. The highest BCUT2D eigenvalue weighted by atomic mass is 32.2. The van der Waals surface area contributed by atoms with Gasteiger partial charge in [-0.25, -0.2) is 13.8 Å². The van der Waals surface area contributed by atoms with E-state index in [9.17, 15) is 23.3 Å². The van der Waals surface area contributed by atoms with Crippen LogP contribution in [0.5, 0.6) is 0 Å². The molecule has 2 aromatic carbocycles. The molecule has 0 atom stereocenters. The maximum Gasteiger partial charge on any atom is 0.273 e. The maximum absolute atomic E-state index is 12.6. The summed E-state index contributed by atoms with van der Waals surface area (Å²) >= 11 is 1.06. The molecule has 1 amide bonds. The molecule has 10 nitrogen and oxygen atoms in total. The van der Waals surface area contributed by atoms with E-state index in [4.69, 9.17) is 4.42 Å². The Morgan fingerprint density at radius 1 is 1.03 bits per heavy atom. The molecule has 0 aliphatic heterocycles.